The van der Waals surface area contributed by atoms with Gasteiger partial charge in [0.05, 0.1) is 24.2 Å². The van der Waals surface area contributed by atoms with Crippen molar-refractivity contribution in [2.45, 2.75) is 110 Å². The van der Waals surface area contributed by atoms with Crippen LogP contribution in [0.3, 0.4) is 0 Å². The average Bonchev–Trinajstić information content (AvgIpc) is 2.97. The van der Waals surface area contributed by atoms with Gasteiger partial charge in [-0.25, -0.2) is 0 Å². The Bertz CT molecular complexity index is 559. The molecule has 0 radical (unpaired) electrons. The van der Waals surface area contributed by atoms with E-state index in [-0.39, 0.29) is 30.1 Å². The van der Waals surface area contributed by atoms with E-state index in [2.05, 4.69) is 39.2 Å². The largest absolute Gasteiger partial charge is 0.481 e. The van der Waals surface area contributed by atoms with Crippen molar-refractivity contribution in [3.05, 3.63) is 12.2 Å². The zero-order valence-corrected chi connectivity index (χ0v) is 19.0. The number of aliphatic carboxylic acids is 1. The maximum absolute atomic E-state index is 10.9. The standard InChI is InChI=1S/C25H42O4/c1-6-10-22(26)16-19(3)15-18(2)11-9-13-23-17-21(5)24(29-23)14-8-7-12-20(4)25(27)28/h18,20-24,26H,3,6-8,10,12-17H2,1-2,4-5H3,(H,27,28)/t18-,20-,21-,22+,23-,24-/m0/s1. The maximum atomic E-state index is 10.9. The Kier molecular flexibility index (Phi) is 12.3. The molecule has 1 fully saturated rings. The maximum Gasteiger partial charge on any atom is 0.306 e. The van der Waals surface area contributed by atoms with E-state index < -0.39 is 5.97 Å². The smallest absolute Gasteiger partial charge is 0.306 e. The van der Waals surface area contributed by atoms with Crippen LogP contribution in [0.2, 0.25) is 0 Å². The molecule has 2 N–H and O–H groups in total. The van der Waals surface area contributed by atoms with Gasteiger partial charge in [-0.1, -0.05) is 65.0 Å². The summed E-state index contributed by atoms with van der Waals surface area (Å²) in [5.41, 5.74) is 1.08. The number of rotatable bonds is 13. The molecule has 1 heterocycles. The molecular weight excluding hydrogens is 364 g/mol. The van der Waals surface area contributed by atoms with Gasteiger partial charge in [-0.05, 0) is 44.4 Å². The molecule has 4 heteroatoms. The normalized spacial score (nSPS) is 24.4. The van der Waals surface area contributed by atoms with Crippen molar-refractivity contribution in [3.63, 3.8) is 0 Å². The molecule has 6 atom stereocenters. The lowest BCUT2D eigenvalue weighted by atomic mass is 9.95. The van der Waals surface area contributed by atoms with Crippen LogP contribution in [0.25, 0.3) is 0 Å². The van der Waals surface area contributed by atoms with E-state index >= 15 is 0 Å². The quantitative estimate of drug-likeness (QED) is 0.238. The van der Waals surface area contributed by atoms with Crippen molar-refractivity contribution in [2.24, 2.45) is 17.8 Å². The monoisotopic (exact) mass is 406 g/mol. The van der Waals surface area contributed by atoms with Gasteiger partial charge >= 0.3 is 5.97 Å². The van der Waals surface area contributed by atoms with Crippen molar-refractivity contribution >= 4 is 5.97 Å². The van der Waals surface area contributed by atoms with Gasteiger partial charge in [0.15, 0.2) is 0 Å². The third-order valence-electron chi connectivity index (χ3n) is 5.85. The van der Waals surface area contributed by atoms with E-state index in [0.29, 0.717) is 12.3 Å². The molecule has 0 unspecified atom stereocenters. The SMILES string of the molecule is C=C(C[C@H](O)CCC)C[C@@H](C)C#CC[C@H]1C[C@H](C)[C@H](CCCC[C@H](C)C(=O)O)O1. The number of carbonyl (C=O) groups is 1. The van der Waals surface area contributed by atoms with E-state index in [9.17, 15) is 9.90 Å². The molecule has 0 aliphatic carbocycles. The van der Waals surface area contributed by atoms with Crippen LogP contribution >= 0.6 is 0 Å². The fourth-order valence-corrected chi connectivity index (χ4v) is 4.09. The molecular formula is C25H42O4. The predicted octanol–water partition coefficient (Wildman–Crippen LogP) is 5.59. The fraction of sp³-hybridized carbons (Fsp3) is 0.800. The van der Waals surface area contributed by atoms with Gasteiger partial charge < -0.3 is 14.9 Å². The first-order valence-corrected chi connectivity index (χ1v) is 11.4. The average molecular weight is 407 g/mol. The van der Waals surface area contributed by atoms with Gasteiger partial charge in [-0.3, -0.25) is 4.79 Å². The minimum atomic E-state index is -0.705. The summed E-state index contributed by atoms with van der Waals surface area (Å²) in [6, 6.07) is 0. The molecule has 29 heavy (non-hydrogen) atoms. The van der Waals surface area contributed by atoms with Crippen LogP contribution in [0.1, 0.15) is 91.9 Å². The number of aliphatic hydroxyl groups is 1. The molecule has 0 bridgehead atoms. The van der Waals surface area contributed by atoms with Crippen LogP contribution in [0.15, 0.2) is 12.2 Å². The Hall–Kier alpha value is -1.31. The second kappa shape index (κ2) is 13.8. The second-order valence-corrected chi connectivity index (χ2v) is 9.06. The van der Waals surface area contributed by atoms with E-state index in [1.54, 1.807) is 6.92 Å². The summed E-state index contributed by atoms with van der Waals surface area (Å²) in [6.45, 7) is 12.3. The lowest BCUT2D eigenvalue weighted by Gasteiger charge is -2.15. The molecule has 0 aromatic heterocycles. The lowest BCUT2D eigenvalue weighted by molar-refractivity contribution is -0.141. The van der Waals surface area contributed by atoms with Crippen molar-refractivity contribution in [2.75, 3.05) is 0 Å². The van der Waals surface area contributed by atoms with Crippen molar-refractivity contribution in [1.82, 2.24) is 0 Å². The van der Waals surface area contributed by atoms with E-state index in [1.807, 2.05) is 0 Å². The summed E-state index contributed by atoms with van der Waals surface area (Å²) >= 11 is 0. The van der Waals surface area contributed by atoms with E-state index in [4.69, 9.17) is 9.84 Å². The van der Waals surface area contributed by atoms with Gasteiger partial charge in [-0.2, -0.15) is 0 Å². The molecule has 1 saturated heterocycles. The summed E-state index contributed by atoms with van der Waals surface area (Å²) in [5, 5.41) is 18.8. The highest BCUT2D eigenvalue weighted by atomic mass is 16.5. The van der Waals surface area contributed by atoms with E-state index in [1.165, 1.54) is 0 Å². The number of carboxylic acids is 1. The molecule has 166 valence electrons. The Labute approximate surface area is 178 Å². The van der Waals surface area contributed by atoms with Gasteiger partial charge in [0.1, 0.15) is 0 Å². The molecule has 1 rings (SSSR count). The van der Waals surface area contributed by atoms with Gasteiger partial charge in [-0.15, -0.1) is 5.92 Å². The highest BCUT2D eigenvalue weighted by molar-refractivity contribution is 5.69. The number of hydrogen-bond donors (Lipinski definition) is 2. The number of aliphatic hydroxyl groups excluding tert-OH is 1. The molecule has 0 spiro atoms. The summed E-state index contributed by atoms with van der Waals surface area (Å²) in [4.78, 5) is 10.9. The first kappa shape index (κ1) is 25.7. The Morgan fingerprint density at radius 3 is 2.62 bits per heavy atom. The van der Waals surface area contributed by atoms with Crippen LogP contribution in [-0.4, -0.2) is 34.5 Å². The van der Waals surface area contributed by atoms with Crippen LogP contribution in [0, 0.1) is 29.6 Å². The number of ether oxygens (including phenoxy) is 1. The fourth-order valence-electron chi connectivity index (χ4n) is 4.09. The number of carboxylic acid groups (broad SMARTS) is 1. The highest BCUT2D eigenvalue weighted by Crippen LogP contribution is 2.31. The number of hydrogen-bond acceptors (Lipinski definition) is 3. The van der Waals surface area contributed by atoms with Crippen LogP contribution < -0.4 is 0 Å². The minimum absolute atomic E-state index is 0.210. The van der Waals surface area contributed by atoms with Crippen LogP contribution in [0.4, 0.5) is 0 Å². The van der Waals surface area contributed by atoms with Crippen LogP contribution in [0.5, 0.6) is 0 Å². The van der Waals surface area contributed by atoms with Gasteiger partial charge in [0, 0.05) is 12.3 Å². The zero-order valence-electron chi connectivity index (χ0n) is 19.0. The summed E-state index contributed by atoms with van der Waals surface area (Å²) in [7, 11) is 0. The minimum Gasteiger partial charge on any atom is -0.481 e. The molecule has 0 aromatic carbocycles. The third kappa shape index (κ3) is 10.9. The second-order valence-electron chi connectivity index (χ2n) is 9.06. The molecule has 0 saturated carbocycles. The van der Waals surface area contributed by atoms with Gasteiger partial charge in [0.25, 0.3) is 0 Å². The van der Waals surface area contributed by atoms with Crippen molar-refractivity contribution in [3.8, 4) is 11.8 Å². The first-order chi connectivity index (χ1) is 13.7. The lowest BCUT2D eigenvalue weighted by Crippen LogP contribution is -2.15. The first-order valence-electron chi connectivity index (χ1n) is 11.4. The Morgan fingerprint density at radius 1 is 1.24 bits per heavy atom. The molecule has 0 aromatic rings. The third-order valence-corrected chi connectivity index (χ3v) is 5.85. The summed E-state index contributed by atoms with van der Waals surface area (Å²) < 4.78 is 6.20. The van der Waals surface area contributed by atoms with Crippen molar-refractivity contribution in [1.29, 1.82) is 0 Å². The van der Waals surface area contributed by atoms with Crippen LogP contribution in [-0.2, 0) is 9.53 Å². The summed E-state index contributed by atoms with van der Waals surface area (Å²) in [6.07, 6.45) is 9.09. The molecule has 1 aliphatic rings. The summed E-state index contributed by atoms with van der Waals surface area (Å²) in [5.74, 6) is 6.45. The van der Waals surface area contributed by atoms with E-state index in [0.717, 1.165) is 63.4 Å². The molecule has 4 nitrogen and oxygen atoms in total. The van der Waals surface area contributed by atoms with Gasteiger partial charge in [0.2, 0.25) is 0 Å². The Balaban J connectivity index is 2.27. The van der Waals surface area contributed by atoms with Crippen molar-refractivity contribution < 1.29 is 19.7 Å². The number of unbranched alkanes of at least 4 members (excludes halogenated alkanes) is 1. The predicted molar refractivity (Wildman–Crippen MR) is 119 cm³/mol. The topological polar surface area (TPSA) is 66.8 Å². The highest BCUT2D eigenvalue weighted by Gasteiger charge is 2.31. The molecule has 1 aliphatic heterocycles. The molecule has 0 amide bonds. The Morgan fingerprint density at radius 2 is 1.97 bits per heavy atom. The zero-order chi connectivity index (χ0) is 21.8.